The first kappa shape index (κ1) is 24.7. The van der Waals surface area contributed by atoms with Gasteiger partial charge in [0, 0.05) is 26.1 Å². The first-order chi connectivity index (χ1) is 15.4. The van der Waals surface area contributed by atoms with Gasteiger partial charge in [-0.3, -0.25) is 9.69 Å². The van der Waals surface area contributed by atoms with E-state index in [1.54, 1.807) is 4.90 Å². The molecule has 0 saturated carbocycles. The lowest BCUT2D eigenvalue weighted by Crippen LogP contribution is -2.36. The van der Waals surface area contributed by atoms with E-state index in [1.807, 2.05) is 55.6 Å². The van der Waals surface area contributed by atoms with Crippen molar-refractivity contribution in [3.05, 3.63) is 83.2 Å². The van der Waals surface area contributed by atoms with Crippen molar-refractivity contribution in [3.8, 4) is 6.07 Å². The SMILES string of the molecule is CN(Cc1cc(C#N)cc2ccccc12)C(=O)CC1CCN(C)C(c2ccc(F)cc2)C1.Cl. The molecule has 172 valence electrons. The average Bonchev–Trinajstić information content (AvgIpc) is 2.80. The highest BCUT2D eigenvalue weighted by Crippen LogP contribution is 2.35. The molecule has 33 heavy (non-hydrogen) atoms. The van der Waals surface area contributed by atoms with E-state index < -0.39 is 0 Å². The maximum atomic E-state index is 13.3. The Hall–Kier alpha value is -2.94. The van der Waals surface area contributed by atoms with Gasteiger partial charge in [0.15, 0.2) is 0 Å². The molecule has 0 N–H and O–H groups in total. The fourth-order valence-corrected chi connectivity index (χ4v) is 4.75. The van der Waals surface area contributed by atoms with Crippen molar-refractivity contribution in [2.24, 2.45) is 5.92 Å². The smallest absolute Gasteiger partial charge is 0.222 e. The summed E-state index contributed by atoms with van der Waals surface area (Å²) < 4.78 is 13.3. The zero-order valence-corrected chi connectivity index (χ0v) is 19.8. The van der Waals surface area contributed by atoms with Crippen LogP contribution in [0.1, 0.15) is 42.0 Å². The number of nitriles is 1. The summed E-state index contributed by atoms with van der Waals surface area (Å²) in [5, 5.41) is 11.5. The molecule has 1 saturated heterocycles. The van der Waals surface area contributed by atoms with Crippen molar-refractivity contribution in [1.29, 1.82) is 5.26 Å². The van der Waals surface area contributed by atoms with Crippen LogP contribution < -0.4 is 0 Å². The summed E-state index contributed by atoms with van der Waals surface area (Å²) >= 11 is 0. The monoisotopic (exact) mass is 465 g/mol. The Balaban J connectivity index is 0.00000306. The minimum atomic E-state index is -0.228. The summed E-state index contributed by atoms with van der Waals surface area (Å²) in [6, 6.07) is 20.9. The molecular weight excluding hydrogens is 437 g/mol. The maximum Gasteiger partial charge on any atom is 0.222 e. The number of nitrogens with zero attached hydrogens (tertiary/aromatic N) is 3. The molecule has 4 rings (SSSR count). The van der Waals surface area contributed by atoms with Crippen LogP contribution in [0.5, 0.6) is 0 Å². The van der Waals surface area contributed by atoms with Gasteiger partial charge in [-0.1, -0.05) is 36.4 Å². The molecular formula is C27H29ClFN3O. The fourth-order valence-electron chi connectivity index (χ4n) is 4.75. The summed E-state index contributed by atoms with van der Waals surface area (Å²) in [4.78, 5) is 17.1. The quantitative estimate of drug-likeness (QED) is 0.485. The van der Waals surface area contributed by atoms with E-state index in [1.165, 1.54) is 12.1 Å². The van der Waals surface area contributed by atoms with E-state index in [2.05, 4.69) is 18.0 Å². The second-order valence-corrected chi connectivity index (χ2v) is 8.86. The number of halogens is 2. The molecule has 1 aliphatic rings. The fraction of sp³-hybridized carbons (Fsp3) is 0.333. The summed E-state index contributed by atoms with van der Waals surface area (Å²) in [5.74, 6) is 0.177. The molecule has 1 fully saturated rings. The molecule has 0 aromatic heterocycles. The van der Waals surface area contributed by atoms with Crippen molar-refractivity contribution in [2.75, 3.05) is 20.6 Å². The number of carbonyl (C=O) groups is 1. The number of carbonyl (C=O) groups excluding carboxylic acids is 1. The third-order valence-corrected chi connectivity index (χ3v) is 6.61. The number of likely N-dealkylation sites (tertiary alicyclic amines) is 1. The minimum absolute atomic E-state index is 0. The van der Waals surface area contributed by atoms with Crippen LogP contribution in [0.25, 0.3) is 10.8 Å². The Morgan fingerprint density at radius 2 is 1.91 bits per heavy atom. The number of fused-ring (bicyclic) bond motifs is 1. The van der Waals surface area contributed by atoms with Gasteiger partial charge in [-0.25, -0.2) is 4.39 Å². The third kappa shape index (κ3) is 5.71. The average molecular weight is 466 g/mol. The number of amides is 1. The van der Waals surface area contributed by atoms with E-state index in [4.69, 9.17) is 0 Å². The number of rotatable bonds is 5. The molecule has 3 aromatic carbocycles. The number of hydrogen-bond acceptors (Lipinski definition) is 3. The Bertz CT molecular complexity index is 1160. The predicted octanol–water partition coefficient (Wildman–Crippen LogP) is 5.70. The first-order valence-corrected chi connectivity index (χ1v) is 11.1. The van der Waals surface area contributed by atoms with Crippen molar-refractivity contribution >= 4 is 29.1 Å². The van der Waals surface area contributed by atoms with Crippen molar-refractivity contribution in [1.82, 2.24) is 9.80 Å². The van der Waals surface area contributed by atoms with E-state index in [-0.39, 0.29) is 30.2 Å². The predicted molar refractivity (Wildman–Crippen MR) is 131 cm³/mol. The molecule has 2 atom stereocenters. The Kier molecular flexibility index (Phi) is 8.07. The summed E-state index contributed by atoms with van der Waals surface area (Å²) in [6.07, 6.45) is 2.35. The molecule has 1 amide bonds. The molecule has 1 heterocycles. The second kappa shape index (κ2) is 10.8. The van der Waals surface area contributed by atoms with Gasteiger partial charge in [-0.2, -0.15) is 5.26 Å². The molecule has 1 aliphatic heterocycles. The third-order valence-electron chi connectivity index (χ3n) is 6.61. The van der Waals surface area contributed by atoms with E-state index in [9.17, 15) is 14.4 Å². The van der Waals surface area contributed by atoms with E-state index >= 15 is 0 Å². The van der Waals surface area contributed by atoms with Crippen LogP contribution in [0, 0.1) is 23.1 Å². The largest absolute Gasteiger partial charge is 0.341 e. The van der Waals surface area contributed by atoms with Gasteiger partial charge < -0.3 is 4.90 Å². The van der Waals surface area contributed by atoms with Gasteiger partial charge >= 0.3 is 0 Å². The van der Waals surface area contributed by atoms with Crippen LogP contribution in [-0.2, 0) is 11.3 Å². The molecule has 2 unspecified atom stereocenters. The minimum Gasteiger partial charge on any atom is -0.341 e. The lowest BCUT2D eigenvalue weighted by atomic mass is 9.85. The molecule has 0 bridgehead atoms. The highest BCUT2D eigenvalue weighted by Gasteiger charge is 2.29. The van der Waals surface area contributed by atoms with E-state index in [0.29, 0.717) is 24.4 Å². The second-order valence-electron chi connectivity index (χ2n) is 8.86. The zero-order chi connectivity index (χ0) is 22.7. The number of hydrogen-bond donors (Lipinski definition) is 0. The summed E-state index contributed by atoms with van der Waals surface area (Å²) in [5.41, 5.74) is 2.69. The van der Waals surface area contributed by atoms with E-state index in [0.717, 1.165) is 41.3 Å². The topological polar surface area (TPSA) is 47.3 Å². The van der Waals surface area contributed by atoms with Gasteiger partial charge in [0.25, 0.3) is 0 Å². The van der Waals surface area contributed by atoms with Crippen LogP contribution in [-0.4, -0.2) is 36.3 Å². The normalized spacial score (nSPS) is 18.4. The van der Waals surface area contributed by atoms with Gasteiger partial charge in [-0.15, -0.1) is 12.4 Å². The van der Waals surface area contributed by atoms with Crippen molar-refractivity contribution < 1.29 is 9.18 Å². The number of piperidine rings is 1. The molecule has 0 aliphatic carbocycles. The Morgan fingerprint density at radius 3 is 2.64 bits per heavy atom. The van der Waals surface area contributed by atoms with Crippen LogP contribution in [0.3, 0.4) is 0 Å². The highest BCUT2D eigenvalue weighted by molar-refractivity contribution is 5.87. The lowest BCUT2D eigenvalue weighted by molar-refractivity contribution is -0.131. The highest BCUT2D eigenvalue weighted by atomic mass is 35.5. The van der Waals surface area contributed by atoms with Crippen LogP contribution in [0.4, 0.5) is 4.39 Å². The van der Waals surface area contributed by atoms with Crippen molar-refractivity contribution in [3.63, 3.8) is 0 Å². The van der Waals surface area contributed by atoms with Gasteiger partial charge in [0.05, 0.1) is 11.6 Å². The Morgan fingerprint density at radius 1 is 1.18 bits per heavy atom. The maximum absolute atomic E-state index is 13.3. The number of benzene rings is 3. The van der Waals surface area contributed by atoms with Gasteiger partial charge in [0.1, 0.15) is 5.82 Å². The molecule has 6 heteroatoms. The van der Waals surface area contributed by atoms with Crippen LogP contribution in [0.2, 0.25) is 0 Å². The zero-order valence-electron chi connectivity index (χ0n) is 19.0. The summed E-state index contributed by atoms with van der Waals surface area (Å²) in [6.45, 7) is 1.39. The summed E-state index contributed by atoms with van der Waals surface area (Å²) in [7, 11) is 3.92. The van der Waals surface area contributed by atoms with Crippen LogP contribution in [0.15, 0.2) is 60.7 Å². The van der Waals surface area contributed by atoms with Gasteiger partial charge in [0.2, 0.25) is 5.91 Å². The van der Waals surface area contributed by atoms with Gasteiger partial charge in [-0.05, 0) is 78.5 Å². The van der Waals surface area contributed by atoms with Crippen molar-refractivity contribution in [2.45, 2.75) is 31.8 Å². The molecule has 4 nitrogen and oxygen atoms in total. The molecule has 3 aromatic rings. The van der Waals surface area contributed by atoms with Crippen LogP contribution >= 0.6 is 12.4 Å². The lowest BCUT2D eigenvalue weighted by Gasteiger charge is -2.37. The molecule has 0 spiro atoms. The first-order valence-electron chi connectivity index (χ1n) is 11.1. The Labute approximate surface area is 201 Å². The molecule has 0 radical (unpaired) electrons. The standard InChI is InChI=1S/C27H28FN3O.ClH/c1-30-12-11-19(15-26(30)21-7-9-24(28)10-8-21)16-27(32)31(2)18-23-14-20(17-29)13-22-5-3-4-6-25(22)23;/h3-10,13-14,19,26H,11-12,15-16,18H2,1-2H3;1H.